The minimum atomic E-state index is -3.94. The first kappa shape index (κ1) is 24.2. The molecule has 0 saturated carbocycles. The van der Waals surface area contributed by atoms with E-state index in [-0.39, 0.29) is 17.7 Å². The number of nitrogens with one attached hydrogen (secondary N) is 3. The van der Waals surface area contributed by atoms with Gasteiger partial charge in [0.1, 0.15) is 11.6 Å². The lowest BCUT2D eigenvalue weighted by Gasteiger charge is -2.15. The van der Waals surface area contributed by atoms with Crippen molar-refractivity contribution in [1.29, 1.82) is 0 Å². The number of pyridine rings is 3. The van der Waals surface area contributed by atoms with Crippen LogP contribution in [-0.4, -0.2) is 36.6 Å². The SMILES string of the molecule is CNS(=O)(=O)Nc1nccc(Cc2cncc(Nc3ccc(OC(N)(F)F)cn3)c2C)c1F. The van der Waals surface area contributed by atoms with E-state index in [0.717, 1.165) is 6.20 Å². The Morgan fingerprint density at radius 1 is 1.12 bits per heavy atom. The van der Waals surface area contributed by atoms with Gasteiger partial charge < -0.3 is 10.1 Å². The molecule has 3 rings (SSSR count). The van der Waals surface area contributed by atoms with Gasteiger partial charge in [0.25, 0.3) is 10.2 Å². The number of rotatable bonds is 9. The van der Waals surface area contributed by atoms with E-state index in [1.165, 1.54) is 37.6 Å². The van der Waals surface area contributed by atoms with Gasteiger partial charge in [-0.1, -0.05) is 0 Å². The second-order valence-electron chi connectivity index (χ2n) is 6.76. The lowest BCUT2D eigenvalue weighted by Crippen LogP contribution is -2.35. The molecule has 0 unspecified atom stereocenters. The zero-order valence-corrected chi connectivity index (χ0v) is 18.3. The molecule has 3 aromatic heterocycles. The van der Waals surface area contributed by atoms with Gasteiger partial charge in [-0.3, -0.25) is 9.71 Å². The Bertz CT molecular complexity index is 1240. The van der Waals surface area contributed by atoms with Crippen LogP contribution >= 0.6 is 0 Å². The topological polar surface area (TPSA) is 144 Å². The third-order valence-electron chi connectivity index (χ3n) is 4.42. The predicted molar refractivity (Wildman–Crippen MR) is 115 cm³/mol. The molecule has 0 aliphatic heterocycles. The fraction of sp³-hybridized carbons (Fsp3) is 0.211. The van der Waals surface area contributed by atoms with Crippen LogP contribution in [0, 0.1) is 12.7 Å². The molecular weight excluding hydrogens is 463 g/mol. The number of aromatic nitrogens is 3. The molecule has 3 heterocycles. The van der Waals surface area contributed by atoms with Crippen molar-refractivity contribution >= 4 is 27.5 Å². The molecule has 0 aliphatic rings. The second-order valence-corrected chi connectivity index (χ2v) is 8.38. The molecule has 3 aromatic rings. The minimum Gasteiger partial charge on any atom is -0.418 e. The summed E-state index contributed by atoms with van der Waals surface area (Å²) < 4.78 is 71.8. The van der Waals surface area contributed by atoms with E-state index in [0.29, 0.717) is 22.6 Å². The summed E-state index contributed by atoms with van der Waals surface area (Å²) in [5.41, 5.74) is 6.62. The Labute approximate surface area is 187 Å². The highest BCUT2D eigenvalue weighted by atomic mass is 32.2. The third-order valence-corrected chi connectivity index (χ3v) is 5.42. The number of alkyl halides is 2. The zero-order chi connectivity index (χ0) is 24.2. The van der Waals surface area contributed by atoms with Crippen molar-refractivity contribution in [3.05, 3.63) is 65.5 Å². The van der Waals surface area contributed by atoms with Crippen LogP contribution in [0.25, 0.3) is 0 Å². The standard InChI is InChI=1S/C19H20F3N7O3S/c1-11-13(7-12-5-6-26-18(17(12)20)29-33(30,31)24-2)8-25-10-15(11)28-16-4-3-14(9-27-16)32-19(21,22)23/h3-6,8-10,24H,7,23H2,1-2H3,(H,26,29)(H,27,28). The Morgan fingerprint density at radius 2 is 1.88 bits per heavy atom. The molecule has 0 aromatic carbocycles. The van der Waals surface area contributed by atoms with Crippen molar-refractivity contribution in [2.75, 3.05) is 17.1 Å². The summed E-state index contributed by atoms with van der Waals surface area (Å²) in [5, 5.41) is 3.00. The molecule has 176 valence electrons. The van der Waals surface area contributed by atoms with Gasteiger partial charge in [-0.25, -0.2) is 24.8 Å². The lowest BCUT2D eigenvalue weighted by molar-refractivity contribution is -0.170. The third kappa shape index (κ3) is 6.50. The molecule has 0 atom stereocenters. The summed E-state index contributed by atoms with van der Waals surface area (Å²) >= 11 is 0. The van der Waals surface area contributed by atoms with E-state index >= 15 is 0 Å². The van der Waals surface area contributed by atoms with E-state index < -0.39 is 28.1 Å². The first-order valence-electron chi connectivity index (χ1n) is 9.34. The second kappa shape index (κ2) is 9.56. The molecule has 0 saturated heterocycles. The number of nitrogens with zero attached hydrogens (tertiary/aromatic N) is 3. The Balaban J connectivity index is 1.80. The fourth-order valence-corrected chi connectivity index (χ4v) is 3.26. The summed E-state index contributed by atoms with van der Waals surface area (Å²) in [5.74, 6) is -1.14. The van der Waals surface area contributed by atoms with Gasteiger partial charge in [-0.15, -0.1) is 8.78 Å². The van der Waals surface area contributed by atoms with Gasteiger partial charge in [-0.05, 0) is 41.8 Å². The van der Waals surface area contributed by atoms with Crippen LogP contribution < -0.4 is 25.2 Å². The van der Waals surface area contributed by atoms with E-state index in [9.17, 15) is 21.6 Å². The number of nitrogens with two attached hydrogens (primary N) is 1. The predicted octanol–water partition coefficient (Wildman–Crippen LogP) is 2.42. The smallest absolute Gasteiger partial charge is 0.418 e. The molecular formula is C19H20F3N7O3S. The largest absolute Gasteiger partial charge is 0.466 e. The van der Waals surface area contributed by atoms with Crippen LogP contribution in [0.1, 0.15) is 16.7 Å². The summed E-state index contributed by atoms with van der Waals surface area (Å²) in [6.07, 6.45) is 1.72. The number of ether oxygens (including phenoxy) is 1. The van der Waals surface area contributed by atoms with E-state index in [1.807, 2.05) is 9.44 Å². The van der Waals surface area contributed by atoms with Crippen LogP contribution in [0.4, 0.5) is 30.5 Å². The van der Waals surface area contributed by atoms with Crippen molar-refractivity contribution in [2.24, 2.45) is 5.73 Å². The highest BCUT2D eigenvalue weighted by Gasteiger charge is 2.24. The Kier molecular flexibility index (Phi) is 7.00. The van der Waals surface area contributed by atoms with Gasteiger partial charge in [0.2, 0.25) is 0 Å². The fourth-order valence-electron chi connectivity index (χ4n) is 2.76. The maximum Gasteiger partial charge on any atom is 0.466 e. The molecule has 0 bridgehead atoms. The molecule has 0 aliphatic carbocycles. The molecule has 14 heteroatoms. The molecule has 0 spiro atoms. The molecule has 0 fully saturated rings. The van der Waals surface area contributed by atoms with Crippen LogP contribution in [0.2, 0.25) is 0 Å². The number of hydrogen-bond donors (Lipinski definition) is 4. The molecule has 0 radical (unpaired) electrons. The van der Waals surface area contributed by atoms with Gasteiger partial charge in [0, 0.05) is 25.9 Å². The van der Waals surface area contributed by atoms with E-state index in [1.54, 1.807) is 13.1 Å². The quantitative estimate of drug-likeness (QED) is 0.268. The summed E-state index contributed by atoms with van der Waals surface area (Å²) in [4.78, 5) is 11.9. The first-order chi connectivity index (χ1) is 15.5. The van der Waals surface area contributed by atoms with Gasteiger partial charge in [-0.2, -0.15) is 8.42 Å². The zero-order valence-electron chi connectivity index (χ0n) is 17.4. The minimum absolute atomic E-state index is 0.1000. The molecule has 10 nitrogen and oxygen atoms in total. The Hall–Kier alpha value is -3.49. The van der Waals surface area contributed by atoms with Gasteiger partial charge in [0.05, 0.1) is 18.1 Å². The maximum absolute atomic E-state index is 14.8. The van der Waals surface area contributed by atoms with Crippen molar-refractivity contribution in [3.8, 4) is 5.75 Å². The Morgan fingerprint density at radius 3 is 2.52 bits per heavy atom. The summed E-state index contributed by atoms with van der Waals surface area (Å²) in [6, 6.07) is 4.11. The van der Waals surface area contributed by atoms with Crippen LogP contribution in [0.5, 0.6) is 5.75 Å². The van der Waals surface area contributed by atoms with Crippen LogP contribution in [-0.2, 0) is 16.6 Å². The molecule has 0 amide bonds. The average molecular weight is 483 g/mol. The lowest BCUT2D eigenvalue weighted by atomic mass is 10.0. The van der Waals surface area contributed by atoms with Crippen LogP contribution in [0.15, 0.2) is 43.0 Å². The van der Waals surface area contributed by atoms with Gasteiger partial charge >= 0.3 is 6.23 Å². The van der Waals surface area contributed by atoms with Crippen LogP contribution in [0.3, 0.4) is 0 Å². The highest BCUT2D eigenvalue weighted by molar-refractivity contribution is 7.90. The summed E-state index contributed by atoms with van der Waals surface area (Å²) in [6.45, 7) is 1.77. The van der Waals surface area contributed by atoms with Crippen molar-refractivity contribution in [3.63, 3.8) is 0 Å². The van der Waals surface area contributed by atoms with Crippen molar-refractivity contribution in [1.82, 2.24) is 19.7 Å². The van der Waals surface area contributed by atoms with E-state index in [4.69, 9.17) is 0 Å². The average Bonchev–Trinajstić information content (AvgIpc) is 2.74. The number of anilines is 3. The summed E-state index contributed by atoms with van der Waals surface area (Å²) in [7, 11) is -2.76. The highest BCUT2D eigenvalue weighted by Crippen LogP contribution is 2.26. The van der Waals surface area contributed by atoms with E-state index in [2.05, 4.69) is 30.7 Å². The number of halogens is 3. The maximum atomic E-state index is 14.8. The molecule has 5 N–H and O–H groups in total. The van der Waals surface area contributed by atoms with Gasteiger partial charge in [0.15, 0.2) is 11.6 Å². The van der Waals surface area contributed by atoms with Crippen molar-refractivity contribution in [2.45, 2.75) is 19.6 Å². The van der Waals surface area contributed by atoms with Crippen molar-refractivity contribution < 1.29 is 26.3 Å². The normalized spacial score (nSPS) is 11.8. The first-order valence-corrected chi connectivity index (χ1v) is 10.8. The monoisotopic (exact) mass is 483 g/mol. The number of hydrogen-bond acceptors (Lipinski definition) is 8. The molecule has 33 heavy (non-hydrogen) atoms.